The number of nitrogens with one attached hydrogen (secondary N) is 2. The normalized spacial score (nSPS) is 10.1. The molecule has 4 N–H and O–H groups in total. The van der Waals surface area contributed by atoms with E-state index < -0.39 is 0 Å². The molecular weight excluding hydrogens is 194 g/mol. The molecule has 0 saturated carbocycles. The second-order valence-corrected chi connectivity index (χ2v) is 2.91. The molecule has 0 aromatic carbocycles. The van der Waals surface area contributed by atoms with Crippen LogP contribution in [0, 0.1) is 0 Å². The highest BCUT2D eigenvalue weighted by atomic mass is 15.2. The highest BCUT2D eigenvalue weighted by molar-refractivity contribution is 5.37. The lowest BCUT2D eigenvalue weighted by Crippen LogP contribution is -2.08. The van der Waals surface area contributed by atoms with Crippen molar-refractivity contribution in [2.45, 2.75) is 6.42 Å². The smallest absolute Gasteiger partial charge is 0.221 e. The van der Waals surface area contributed by atoms with Crippen LogP contribution < -0.4 is 11.1 Å². The Balaban J connectivity index is 1.83. The van der Waals surface area contributed by atoms with Gasteiger partial charge in [0.05, 0.1) is 0 Å². The molecule has 2 aromatic rings. The van der Waals surface area contributed by atoms with Gasteiger partial charge in [-0.15, -0.1) is 0 Å². The summed E-state index contributed by atoms with van der Waals surface area (Å²) in [7, 11) is 0. The number of aromatic amines is 1. The second kappa shape index (κ2) is 4.36. The maximum absolute atomic E-state index is 5.43. The minimum absolute atomic E-state index is 0.264. The van der Waals surface area contributed by atoms with Gasteiger partial charge in [0, 0.05) is 19.2 Å². The fourth-order valence-electron chi connectivity index (χ4n) is 1.13. The number of nitrogens with two attached hydrogens (primary N) is 1. The molecule has 0 atom stereocenters. The summed E-state index contributed by atoms with van der Waals surface area (Å²) in [5.41, 5.74) is 5.43. The fourth-order valence-corrected chi connectivity index (χ4v) is 1.13. The van der Waals surface area contributed by atoms with Crippen molar-refractivity contribution in [3.05, 3.63) is 24.4 Å². The minimum atomic E-state index is 0.264. The van der Waals surface area contributed by atoms with Gasteiger partial charge in [-0.3, -0.25) is 5.10 Å². The van der Waals surface area contributed by atoms with Crippen LogP contribution in [-0.2, 0) is 6.42 Å². The third-order valence-corrected chi connectivity index (χ3v) is 1.81. The lowest BCUT2D eigenvalue weighted by Gasteiger charge is -2.03. The van der Waals surface area contributed by atoms with Crippen LogP contribution in [0.3, 0.4) is 0 Å². The van der Waals surface area contributed by atoms with E-state index in [9.17, 15) is 0 Å². The van der Waals surface area contributed by atoms with E-state index in [1.54, 1.807) is 12.3 Å². The van der Waals surface area contributed by atoms with E-state index in [1.165, 1.54) is 6.33 Å². The number of anilines is 2. The van der Waals surface area contributed by atoms with Crippen molar-refractivity contribution >= 4 is 11.8 Å². The Morgan fingerprint density at radius 3 is 3.07 bits per heavy atom. The van der Waals surface area contributed by atoms with Crippen molar-refractivity contribution in [2.75, 3.05) is 17.6 Å². The SMILES string of the molecule is Nc1nccc(NCCc2ncn[nH]2)n1. The lowest BCUT2D eigenvalue weighted by molar-refractivity contribution is 0.896. The molecule has 0 aliphatic carbocycles. The van der Waals surface area contributed by atoms with E-state index in [0.29, 0.717) is 12.4 Å². The number of rotatable bonds is 4. The van der Waals surface area contributed by atoms with Gasteiger partial charge in [-0.05, 0) is 6.07 Å². The zero-order chi connectivity index (χ0) is 10.5. The fraction of sp³-hybridized carbons (Fsp3) is 0.250. The van der Waals surface area contributed by atoms with Crippen LogP contribution >= 0.6 is 0 Å². The number of nitrogens with zero attached hydrogens (tertiary/aromatic N) is 4. The Labute approximate surface area is 86.2 Å². The lowest BCUT2D eigenvalue weighted by atomic mass is 10.4. The van der Waals surface area contributed by atoms with Crippen molar-refractivity contribution in [2.24, 2.45) is 0 Å². The van der Waals surface area contributed by atoms with Crippen molar-refractivity contribution < 1.29 is 0 Å². The summed E-state index contributed by atoms with van der Waals surface area (Å²) in [6.45, 7) is 0.714. The van der Waals surface area contributed by atoms with E-state index in [1.807, 2.05) is 0 Å². The molecule has 2 rings (SSSR count). The number of hydrogen-bond donors (Lipinski definition) is 3. The first-order valence-corrected chi connectivity index (χ1v) is 4.51. The average Bonchev–Trinajstić information content (AvgIpc) is 2.71. The van der Waals surface area contributed by atoms with Crippen molar-refractivity contribution in [1.29, 1.82) is 0 Å². The summed E-state index contributed by atoms with van der Waals surface area (Å²) in [6.07, 6.45) is 3.85. The van der Waals surface area contributed by atoms with E-state index in [4.69, 9.17) is 5.73 Å². The monoisotopic (exact) mass is 205 g/mol. The van der Waals surface area contributed by atoms with Gasteiger partial charge >= 0.3 is 0 Å². The standard InChI is InChI=1S/C8H11N7/c9-8-11-4-1-6(14-8)10-3-2-7-12-5-13-15-7/h1,4-5H,2-3H2,(H,12,13,15)(H3,9,10,11,14). The largest absolute Gasteiger partial charge is 0.369 e. The molecule has 7 heteroatoms. The van der Waals surface area contributed by atoms with Gasteiger partial charge < -0.3 is 11.1 Å². The van der Waals surface area contributed by atoms with Gasteiger partial charge in [0.25, 0.3) is 0 Å². The molecule has 7 nitrogen and oxygen atoms in total. The number of hydrogen-bond acceptors (Lipinski definition) is 6. The molecule has 0 fully saturated rings. The molecule has 0 amide bonds. The molecular formula is C8H11N7. The maximum atomic E-state index is 5.43. The molecule has 0 radical (unpaired) electrons. The third kappa shape index (κ3) is 2.63. The number of H-pyrrole nitrogens is 1. The molecule has 78 valence electrons. The minimum Gasteiger partial charge on any atom is -0.369 e. The van der Waals surface area contributed by atoms with Gasteiger partial charge in [0.15, 0.2) is 0 Å². The molecule has 2 heterocycles. The van der Waals surface area contributed by atoms with Crippen LogP contribution in [0.4, 0.5) is 11.8 Å². The molecule has 0 unspecified atom stereocenters. The Hall–Kier alpha value is -2.18. The van der Waals surface area contributed by atoms with Gasteiger partial charge in [-0.2, -0.15) is 10.1 Å². The Kier molecular flexibility index (Phi) is 2.72. The van der Waals surface area contributed by atoms with Crippen LogP contribution in [0.2, 0.25) is 0 Å². The van der Waals surface area contributed by atoms with Crippen LogP contribution in [0.5, 0.6) is 0 Å². The highest BCUT2D eigenvalue weighted by Crippen LogP contribution is 2.02. The topological polar surface area (TPSA) is 105 Å². The molecule has 0 aliphatic heterocycles. The van der Waals surface area contributed by atoms with Crippen molar-refractivity contribution in [1.82, 2.24) is 25.1 Å². The van der Waals surface area contributed by atoms with Crippen molar-refractivity contribution in [3.63, 3.8) is 0 Å². The summed E-state index contributed by atoms with van der Waals surface area (Å²) in [5.74, 6) is 1.81. The van der Waals surface area contributed by atoms with E-state index in [0.717, 1.165) is 12.2 Å². The van der Waals surface area contributed by atoms with Gasteiger partial charge in [0.2, 0.25) is 5.95 Å². The zero-order valence-electron chi connectivity index (χ0n) is 8.01. The molecule has 0 spiro atoms. The quantitative estimate of drug-likeness (QED) is 0.640. The van der Waals surface area contributed by atoms with E-state index >= 15 is 0 Å². The van der Waals surface area contributed by atoms with Crippen LogP contribution in [0.15, 0.2) is 18.6 Å². The number of aromatic nitrogens is 5. The molecule has 2 aromatic heterocycles. The Morgan fingerprint density at radius 2 is 2.33 bits per heavy atom. The first kappa shape index (κ1) is 9.38. The van der Waals surface area contributed by atoms with E-state index in [2.05, 4.69) is 30.5 Å². The summed E-state index contributed by atoms with van der Waals surface area (Å²) >= 11 is 0. The maximum Gasteiger partial charge on any atom is 0.221 e. The number of nitrogen functional groups attached to an aromatic ring is 1. The van der Waals surface area contributed by atoms with Gasteiger partial charge in [-0.25, -0.2) is 9.97 Å². The first-order valence-electron chi connectivity index (χ1n) is 4.51. The Bertz CT molecular complexity index is 411. The zero-order valence-corrected chi connectivity index (χ0v) is 8.01. The molecule has 0 bridgehead atoms. The average molecular weight is 205 g/mol. The molecule has 15 heavy (non-hydrogen) atoms. The summed E-state index contributed by atoms with van der Waals surface area (Å²) in [4.78, 5) is 11.8. The van der Waals surface area contributed by atoms with Gasteiger partial charge in [-0.1, -0.05) is 0 Å². The summed E-state index contributed by atoms with van der Waals surface area (Å²) in [6, 6.07) is 1.76. The molecule has 0 saturated heterocycles. The second-order valence-electron chi connectivity index (χ2n) is 2.91. The van der Waals surface area contributed by atoms with Gasteiger partial charge in [0.1, 0.15) is 18.0 Å². The third-order valence-electron chi connectivity index (χ3n) is 1.81. The predicted octanol–water partition coefficient (Wildman–Crippen LogP) is -0.169. The van der Waals surface area contributed by atoms with Crippen LogP contribution in [0.25, 0.3) is 0 Å². The highest BCUT2D eigenvalue weighted by Gasteiger charge is 1.97. The summed E-state index contributed by atoms with van der Waals surface area (Å²) in [5, 5.41) is 9.63. The van der Waals surface area contributed by atoms with Crippen molar-refractivity contribution in [3.8, 4) is 0 Å². The summed E-state index contributed by atoms with van der Waals surface area (Å²) < 4.78 is 0. The Morgan fingerprint density at radius 1 is 1.40 bits per heavy atom. The predicted molar refractivity (Wildman–Crippen MR) is 55.0 cm³/mol. The van der Waals surface area contributed by atoms with Crippen LogP contribution in [0.1, 0.15) is 5.82 Å². The van der Waals surface area contributed by atoms with Crippen LogP contribution in [-0.4, -0.2) is 31.7 Å². The van der Waals surface area contributed by atoms with E-state index in [-0.39, 0.29) is 5.95 Å². The first-order chi connectivity index (χ1) is 7.34. The molecule has 0 aliphatic rings.